The van der Waals surface area contributed by atoms with Gasteiger partial charge in [-0.15, -0.1) is 0 Å². The molecule has 0 unspecified atom stereocenters. The number of carbonyl (C=O) groups is 1. The van der Waals surface area contributed by atoms with Gasteiger partial charge in [0, 0.05) is 33.0 Å². The summed E-state index contributed by atoms with van der Waals surface area (Å²) in [5.41, 5.74) is 0.893. The topological polar surface area (TPSA) is 78.0 Å². The van der Waals surface area contributed by atoms with Crippen molar-refractivity contribution >= 4 is 5.91 Å². The second kappa shape index (κ2) is 8.03. The van der Waals surface area contributed by atoms with Crippen LogP contribution in [0, 0.1) is 6.92 Å². The van der Waals surface area contributed by atoms with E-state index in [0.717, 1.165) is 17.8 Å². The van der Waals surface area contributed by atoms with Crippen LogP contribution in [-0.2, 0) is 37.9 Å². The Balaban J connectivity index is 1.66. The van der Waals surface area contributed by atoms with Crippen molar-refractivity contribution in [2.75, 3.05) is 7.05 Å². The normalized spacial score (nSPS) is 10.9. The number of aromatic nitrogens is 5. The Morgan fingerprint density at radius 1 is 1.22 bits per heavy atom. The van der Waals surface area contributed by atoms with Crippen molar-refractivity contribution in [3.8, 4) is 0 Å². The predicted molar refractivity (Wildman–Crippen MR) is 101 cm³/mol. The molecule has 3 aromatic rings. The number of carbonyl (C=O) groups excluding carboxylic acids is 1. The first-order chi connectivity index (χ1) is 13.0. The van der Waals surface area contributed by atoms with E-state index in [1.54, 1.807) is 29.6 Å². The van der Waals surface area contributed by atoms with E-state index in [9.17, 15) is 9.59 Å². The largest absolute Gasteiger partial charge is 0.346 e. The monoisotopic (exact) mass is 368 g/mol. The van der Waals surface area contributed by atoms with E-state index in [4.69, 9.17) is 0 Å². The maximum atomic E-state index is 12.6. The van der Waals surface area contributed by atoms with Crippen LogP contribution in [0.25, 0.3) is 0 Å². The molecule has 2 heterocycles. The summed E-state index contributed by atoms with van der Waals surface area (Å²) < 4.78 is 4.70. The Morgan fingerprint density at radius 3 is 2.63 bits per heavy atom. The summed E-state index contributed by atoms with van der Waals surface area (Å²) in [5.74, 6) is 1.20. The second-order valence-electron chi connectivity index (χ2n) is 6.58. The van der Waals surface area contributed by atoms with Crippen molar-refractivity contribution < 1.29 is 4.79 Å². The van der Waals surface area contributed by atoms with Crippen LogP contribution in [0.15, 0.2) is 47.5 Å². The lowest BCUT2D eigenvalue weighted by Crippen LogP contribution is -2.35. The molecule has 8 nitrogen and oxygen atoms in total. The van der Waals surface area contributed by atoms with Gasteiger partial charge in [0.2, 0.25) is 5.91 Å². The van der Waals surface area contributed by atoms with Crippen LogP contribution in [0.1, 0.15) is 17.2 Å². The number of amides is 1. The molecule has 3 rings (SSSR count). The zero-order chi connectivity index (χ0) is 19.4. The van der Waals surface area contributed by atoms with Crippen molar-refractivity contribution in [2.45, 2.75) is 33.0 Å². The van der Waals surface area contributed by atoms with Gasteiger partial charge in [0.1, 0.15) is 18.2 Å². The van der Waals surface area contributed by atoms with Crippen LogP contribution in [-0.4, -0.2) is 41.8 Å². The Morgan fingerprint density at radius 2 is 1.96 bits per heavy atom. The van der Waals surface area contributed by atoms with Gasteiger partial charge in [0.15, 0.2) is 0 Å². The average Bonchev–Trinajstić information content (AvgIpc) is 3.17. The summed E-state index contributed by atoms with van der Waals surface area (Å²) in [4.78, 5) is 30.9. The summed E-state index contributed by atoms with van der Waals surface area (Å²) >= 11 is 0. The number of imidazole rings is 1. The molecule has 1 amide bonds. The van der Waals surface area contributed by atoms with Gasteiger partial charge in [-0.1, -0.05) is 30.3 Å². The van der Waals surface area contributed by atoms with Crippen LogP contribution in [0.2, 0.25) is 0 Å². The van der Waals surface area contributed by atoms with Crippen LogP contribution in [0.3, 0.4) is 0 Å². The molecule has 0 radical (unpaired) electrons. The van der Waals surface area contributed by atoms with Gasteiger partial charge in [-0.05, 0) is 18.9 Å². The third kappa shape index (κ3) is 4.33. The number of hydrogen-bond donors (Lipinski definition) is 0. The van der Waals surface area contributed by atoms with Gasteiger partial charge >= 0.3 is 5.69 Å². The Kier molecular flexibility index (Phi) is 5.54. The highest BCUT2D eigenvalue weighted by atomic mass is 16.2. The molecule has 8 heteroatoms. The van der Waals surface area contributed by atoms with Crippen LogP contribution in [0.4, 0.5) is 0 Å². The van der Waals surface area contributed by atoms with E-state index < -0.39 is 0 Å². The number of aryl methyl sites for hydroxylation is 3. The molecule has 0 atom stereocenters. The van der Waals surface area contributed by atoms with Gasteiger partial charge in [-0.3, -0.25) is 9.36 Å². The zero-order valence-electron chi connectivity index (χ0n) is 15.9. The third-order valence-corrected chi connectivity index (χ3v) is 4.59. The maximum Gasteiger partial charge on any atom is 0.346 e. The zero-order valence-corrected chi connectivity index (χ0v) is 15.9. The molecule has 142 valence electrons. The Labute approximate surface area is 157 Å². The molecule has 0 aliphatic heterocycles. The number of hydrogen-bond acceptors (Lipinski definition) is 4. The minimum Gasteiger partial charge on any atom is -0.337 e. The van der Waals surface area contributed by atoms with E-state index in [2.05, 4.69) is 10.1 Å². The predicted octanol–water partition coefficient (Wildman–Crippen LogP) is 0.988. The number of nitrogens with zero attached hydrogens (tertiary/aromatic N) is 6. The highest BCUT2D eigenvalue weighted by Crippen LogP contribution is 2.03. The lowest BCUT2D eigenvalue weighted by atomic mass is 10.1. The molecule has 1 aromatic carbocycles. The number of rotatable bonds is 7. The van der Waals surface area contributed by atoms with Gasteiger partial charge in [-0.2, -0.15) is 5.10 Å². The first-order valence-electron chi connectivity index (χ1n) is 8.84. The van der Waals surface area contributed by atoms with Crippen molar-refractivity contribution in [3.63, 3.8) is 0 Å². The summed E-state index contributed by atoms with van der Waals surface area (Å²) in [6.45, 7) is 2.61. The Hall–Kier alpha value is -3.16. The van der Waals surface area contributed by atoms with E-state index in [-0.39, 0.29) is 18.1 Å². The smallest absolute Gasteiger partial charge is 0.337 e. The first kappa shape index (κ1) is 18.6. The Bertz CT molecular complexity index is 970. The average molecular weight is 368 g/mol. The fourth-order valence-corrected chi connectivity index (χ4v) is 2.89. The molecule has 0 saturated carbocycles. The molecule has 0 spiro atoms. The van der Waals surface area contributed by atoms with Crippen molar-refractivity contribution in [3.05, 3.63) is 70.4 Å². The maximum absolute atomic E-state index is 12.6. The molecular formula is C19H24N6O2. The van der Waals surface area contributed by atoms with Crippen LogP contribution >= 0.6 is 0 Å². The van der Waals surface area contributed by atoms with Crippen molar-refractivity contribution in [2.24, 2.45) is 7.05 Å². The van der Waals surface area contributed by atoms with E-state index in [1.165, 1.54) is 4.68 Å². The van der Waals surface area contributed by atoms with E-state index in [1.807, 2.05) is 48.1 Å². The minimum atomic E-state index is -0.262. The minimum absolute atomic E-state index is 0.0844. The van der Waals surface area contributed by atoms with Gasteiger partial charge in [0.05, 0.1) is 6.54 Å². The lowest BCUT2D eigenvalue weighted by molar-refractivity contribution is -0.131. The summed E-state index contributed by atoms with van der Waals surface area (Å²) in [5, 5.41) is 4.26. The highest BCUT2D eigenvalue weighted by molar-refractivity contribution is 5.75. The molecule has 27 heavy (non-hydrogen) atoms. The summed E-state index contributed by atoms with van der Waals surface area (Å²) in [6, 6.07) is 9.97. The lowest BCUT2D eigenvalue weighted by Gasteiger charge is -2.16. The standard InChI is InChI=1S/C19H24N6O2/c1-15-21-25(14-18(26)23(3)13-17-20-10-12-22(17)2)19(27)24(15)11-9-16-7-5-4-6-8-16/h4-8,10,12H,9,11,13-14H2,1-3H3. The van der Waals surface area contributed by atoms with Gasteiger partial charge < -0.3 is 9.47 Å². The van der Waals surface area contributed by atoms with Crippen LogP contribution < -0.4 is 5.69 Å². The number of likely N-dealkylation sites (N-methyl/N-ethyl adjacent to an activating group) is 1. The molecule has 0 aliphatic rings. The van der Waals surface area contributed by atoms with Crippen LogP contribution in [0.5, 0.6) is 0 Å². The molecule has 0 saturated heterocycles. The third-order valence-electron chi connectivity index (χ3n) is 4.59. The molecule has 0 N–H and O–H groups in total. The van der Waals surface area contributed by atoms with E-state index in [0.29, 0.717) is 18.9 Å². The molecule has 0 aliphatic carbocycles. The molecule has 0 bridgehead atoms. The summed E-state index contributed by atoms with van der Waals surface area (Å²) in [6.07, 6.45) is 4.26. The molecule has 0 fully saturated rings. The summed E-state index contributed by atoms with van der Waals surface area (Å²) in [7, 11) is 3.57. The molecule has 2 aromatic heterocycles. The highest BCUT2D eigenvalue weighted by Gasteiger charge is 2.17. The first-order valence-corrected chi connectivity index (χ1v) is 8.84. The van der Waals surface area contributed by atoms with Gasteiger partial charge in [-0.25, -0.2) is 14.5 Å². The fourth-order valence-electron chi connectivity index (χ4n) is 2.89. The van der Waals surface area contributed by atoms with E-state index >= 15 is 0 Å². The van der Waals surface area contributed by atoms with Crippen molar-refractivity contribution in [1.29, 1.82) is 0 Å². The quantitative estimate of drug-likeness (QED) is 0.623. The van der Waals surface area contributed by atoms with Crippen molar-refractivity contribution in [1.82, 2.24) is 28.8 Å². The number of benzene rings is 1. The van der Waals surface area contributed by atoms with Gasteiger partial charge in [0.25, 0.3) is 0 Å². The molecular weight excluding hydrogens is 344 g/mol. The SMILES string of the molecule is Cc1nn(CC(=O)N(C)Cc2nccn2C)c(=O)n1CCc1ccccc1. The second-order valence-corrected chi connectivity index (χ2v) is 6.58. The fraction of sp³-hybridized carbons (Fsp3) is 0.368.